The smallest absolute Gasteiger partial charge is 0.326 e. The van der Waals surface area contributed by atoms with E-state index in [4.69, 9.17) is 5.73 Å². The zero-order chi connectivity index (χ0) is 15.0. The summed E-state index contributed by atoms with van der Waals surface area (Å²) < 4.78 is 63.9. The minimum atomic E-state index is -4.56. The van der Waals surface area contributed by atoms with Crippen molar-refractivity contribution in [3.63, 3.8) is 0 Å². The number of rotatable bonds is 5. The molecule has 4 nitrogen and oxygen atoms in total. The van der Waals surface area contributed by atoms with E-state index in [1.54, 1.807) is 29.0 Å². The highest BCUT2D eigenvalue weighted by molar-refractivity contribution is 7.88. The Kier molecular flexibility index (Phi) is 3.83. The lowest BCUT2D eigenvalue weighted by atomic mass is 10.1. The Morgan fingerprint density at radius 2 is 1.75 bits per heavy atom. The summed E-state index contributed by atoms with van der Waals surface area (Å²) in [5.74, 6) is -0.502. The van der Waals surface area contributed by atoms with Crippen LogP contribution in [0.3, 0.4) is 0 Å². The monoisotopic (exact) mass is 308 g/mol. The molecule has 1 saturated carbocycles. The normalized spacial score (nSPS) is 18.0. The maximum atomic E-state index is 12.8. The predicted octanol–water partition coefficient (Wildman–Crippen LogP) is 1.66. The molecule has 1 aromatic carbocycles. The van der Waals surface area contributed by atoms with E-state index < -0.39 is 27.5 Å². The molecule has 0 atom stereocenters. The Morgan fingerprint density at radius 3 is 2.20 bits per heavy atom. The summed E-state index contributed by atoms with van der Waals surface area (Å²) in [4.78, 5) is 0. The first-order valence-electron chi connectivity index (χ1n) is 6.04. The van der Waals surface area contributed by atoms with Crippen molar-refractivity contribution in [1.29, 1.82) is 0 Å². The fourth-order valence-electron chi connectivity index (χ4n) is 2.00. The van der Waals surface area contributed by atoms with Gasteiger partial charge in [0, 0.05) is 6.54 Å². The molecule has 1 aliphatic carbocycles. The van der Waals surface area contributed by atoms with Gasteiger partial charge in [0.15, 0.2) is 0 Å². The summed E-state index contributed by atoms with van der Waals surface area (Å²) in [6.45, 7) is 0.135. The lowest BCUT2D eigenvalue weighted by Crippen LogP contribution is -2.48. The number of nitrogens with two attached hydrogens (primary N) is 1. The van der Waals surface area contributed by atoms with Crippen molar-refractivity contribution in [2.45, 2.75) is 36.9 Å². The zero-order valence-corrected chi connectivity index (χ0v) is 11.4. The number of halogens is 3. The molecule has 0 aliphatic heterocycles. The first-order valence-corrected chi connectivity index (χ1v) is 7.70. The van der Waals surface area contributed by atoms with E-state index in [0.29, 0.717) is 11.1 Å². The van der Waals surface area contributed by atoms with Gasteiger partial charge < -0.3 is 5.73 Å². The molecule has 20 heavy (non-hydrogen) atoms. The van der Waals surface area contributed by atoms with Gasteiger partial charge in [-0.15, -0.1) is 0 Å². The van der Waals surface area contributed by atoms with E-state index in [-0.39, 0.29) is 19.4 Å². The van der Waals surface area contributed by atoms with Crippen LogP contribution in [0.25, 0.3) is 0 Å². The maximum absolute atomic E-state index is 12.8. The van der Waals surface area contributed by atoms with Crippen molar-refractivity contribution in [2.24, 2.45) is 5.73 Å². The highest BCUT2D eigenvalue weighted by atomic mass is 32.2. The molecule has 0 saturated heterocycles. The minimum absolute atomic E-state index is 0.135. The summed E-state index contributed by atoms with van der Waals surface area (Å²) in [5.41, 5.74) is 4.23. The van der Waals surface area contributed by atoms with Gasteiger partial charge in [-0.2, -0.15) is 17.9 Å². The van der Waals surface area contributed by atoms with Crippen molar-refractivity contribution >= 4 is 10.0 Å². The standard InChI is InChI=1S/C12H15F3N2O2S/c13-12(14,15)11(5-6-11)17-20(18,19)8-10-4-2-1-3-9(10)7-16/h1-4,17H,5-8,16H2. The van der Waals surface area contributed by atoms with Gasteiger partial charge in [-0.05, 0) is 24.0 Å². The van der Waals surface area contributed by atoms with E-state index in [1.165, 1.54) is 0 Å². The number of sulfonamides is 1. The molecule has 1 aromatic rings. The van der Waals surface area contributed by atoms with Crippen LogP contribution < -0.4 is 10.5 Å². The van der Waals surface area contributed by atoms with Crippen LogP contribution in [0, 0.1) is 0 Å². The topological polar surface area (TPSA) is 72.2 Å². The first-order chi connectivity index (χ1) is 9.19. The predicted molar refractivity (Wildman–Crippen MR) is 68.1 cm³/mol. The van der Waals surface area contributed by atoms with Crippen molar-refractivity contribution < 1.29 is 21.6 Å². The van der Waals surface area contributed by atoms with Crippen molar-refractivity contribution in [1.82, 2.24) is 4.72 Å². The van der Waals surface area contributed by atoms with E-state index in [1.807, 2.05) is 0 Å². The van der Waals surface area contributed by atoms with Gasteiger partial charge in [0.25, 0.3) is 0 Å². The van der Waals surface area contributed by atoms with Gasteiger partial charge in [-0.1, -0.05) is 24.3 Å². The molecule has 112 valence electrons. The summed E-state index contributed by atoms with van der Waals surface area (Å²) in [5, 5.41) is 0. The first kappa shape index (κ1) is 15.3. The van der Waals surface area contributed by atoms with Crippen molar-refractivity contribution in [3.05, 3.63) is 35.4 Å². The highest BCUT2D eigenvalue weighted by Gasteiger charge is 2.65. The number of hydrogen-bond acceptors (Lipinski definition) is 3. The van der Waals surface area contributed by atoms with E-state index in [2.05, 4.69) is 0 Å². The fourth-order valence-corrected chi connectivity index (χ4v) is 3.68. The summed E-state index contributed by atoms with van der Waals surface area (Å²) in [6.07, 6.45) is -4.99. The summed E-state index contributed by atoms with van der Waals surface area (Å²) >= 11 is 0. The largest absolute Gasteiger partial charge is 0.407 e. The SMILES string of the molecule is NCc1ccccc1CS(=O)(=O)NC1(C(F)(F)F)CC1. The molecule has 0 unspecified atom stereocenters. The van der Waals surface area contributed by atoms with Crippen LogP contribution in [0.5, 0.6) is 0 Å². The number of hydrogen-bond donors (Lipinski definition) is 2. The maximum Gasteiger partial charge on any atom is 0.407 e. The Bertz CT molecular complexity index is 595. The lowest BCUT2D eigenvalue weighted by molar-refractivity contribution is -0.160. The molecule has 8 heteroatoms. The zero-order valence-electron chi connectivity index (χ0n) is 10.6. The molecule has 0 heterocycles. The molecule has 2 rings (SSSR count). The van der Waals surface area contributed by atoms with E-state index >= 15 is 0 Å². The molecule has 1 fully saturated rings. The highest BCUT2D eigenvalue weighted by Crippen LogP contribution is 2.49. The second-order valence-electron chi connectivity index (χ2n) is 4.91. The molecule has 0 amide bonds. The van der Waals surface area contributed by atoms with Crippen LogP contribution in [-0.2, 0) is 22.3 Å². The lowest BCUT2D eigenvalue weighted by Gasteiger charge is -2.21. The molecular weight excluding hydrogens is 293 g/mol. The van der Waals surface area contributed by atoms with Crippen LogP contribution in [0.4, 0.5) is 13.2 Å². The van der Waals surface area contributed by atoms with Crippen LogP contribution in [0.15, 0.2) is 24.3 Å². The molecule has 0 bridgehead atoms. The quantitative estimate of drug-likeness (QED) is 0.869. The van der Waals surface area contributed by atoms with E-state index in [9.17, 15) is 21.6 Å². The van der Waals surface area contributed by atoms with Gasteiger partial charge in [-0.25, -0.2) is 8.42 Å². The Labute approximate surface area is 115 Å². The van der Waals surface area contributed by atoms with Crippen LogP contribution >= 0.6 is 0 Å². The van der Waals surface area contributed by atoms with Crippen LogP contribution in [0.2, 0.25) is 0 Å². The molecule has 0 aromatic heterocycles. The molecule has 0 radical (unpaired) electrons. The fraction of sp³-hybridized carbons (Fsp3) is 0.500. The van der Waals surface area contributed by atoms with Crippen molar-refractivity contribution in [3.8, 4) is 0 Å². The van der Waals surface area contributed by atoms with Gasteiger partial charge >= 0.3 is 6.18 Å². The Hall–Kier alpha value is -1.12. The average molecular weight is 308 g/mol. The third-order valence-corrected chi connectivity index (χ3v) is 4.72. The van der Waals surface area contributed by atoms with Crippen LogP contribution in [0.1, 0.15) is 24.0 Å². The number of nitrogens with one attached hydrogen (secondary N) is 1. The second-order valence-corrected chi connectivity index (χ2v) is 6.64. The van der Waals surface area contributed by atoms with Gasteiger partial charge in [0.05, 0.1) is 5.75 Å². The molecule has 3 N–H and O–H groups in total. The van der Waals surface area contributed by atoms with Crippen molar-refractivity contribution in [2.75, 3.05) is 0 Å². The number of alkyl halides is 3. The van der Waals surface area contributed by atoms with Gasteiger partial charge in [-0.3, -0.25) is 0 Å². The van der Waals surface area contributed by atoms with Crippen LogP contribution in [-0.4, -0.2) is 20.1 Å². The molecular formula is C12H15F3N2O2S. The third-order valence-electron chi connectivity index (χ3n) is 3.33. The second kappa shape index (κ2) is 5.01. The Morgan fingerprint density at radius 1 is 1.20 bits per heavy atom. The molecule has 0 spiro atoms. The van der Waals surface area contributed by atoms with Gasteiger partial charge in [0.1, 0.15) is 5.54 Å². The number of benzene rings is 1. The summed E-state index contributed by atoms with van der Waals surface area (Å²) in [7, 11) is -4.07. The Balaban J connectivity index is 2.17. The summed E-state index contributed by atoms with van der Waals surface area (Å²) in [6, 6.07) is 6.53. The van der Waals surface area contributed by atoms with Gasteiger partial charge in [0.2, 0.25) is 10.0 Å². The average Bonchev–Trinajstić information content (AvgIpc) is 3.08. The third kappa shape index (κ3) is 3.13. The van der Waals surface area contributed by atoms with E-state index in [0.717, 1.165) is 0 Å². The minimum Gasteiger partial charge on any atom is -0.326 e. The molecule has 1 aliphatic rings.